The molecule has 0 aliphatic rings. The maximum Gasteiger partial charge on any atom is 0.326 e. The van der Waals surface area contributed by atoms with Crippen LogP contribution in [0.4, 0.5) is 4.39 Å². The number of halogens is 1. The third kappa shape index (κ3) is 4.83. The summed E-state index contributed by atoms with van der Waals surface area (Å²) >= 11 is 1.14. The van der Waals surface area contributed by atoms with E-state index in [9.17, 15) is 14.0 Å². The van der Waals surface area contributed by atoms with Crippen molar-refractivity contribution in [2.24, 2.45) is 4.99 Å². The first-order chi connectivity index (χ1) is 13.6. The molecule has 1 amide bonds. The highest BCUT2D eigenvalue weighted by molar-refractivity contribution is 7.16. The van der Waals surface area contributed by atoms with Crippen LogP contribution in [0.3, 0.4) is 0 Å². The first-order valence-corrected chi connectivity index (χ1v) is 9.59. The number of nitrogens with zero attached hydrogens (tertiary/aromatic N) is 2. The van der Waals surface area contributed by atoms with Crippen LogP contribution in [0, 0.1) is 5.82 Å². The summed E-state index contributed by atoms with van der Waals surface area (Å²) in [5.41, 5.74) is 0.229. The molecule has 0 aliphatic carbocycles. The van der Waals surface area contributed by atoms with Crippen LogP contribution in [0.25, 0.3) is 10.2 Å². The quantitative estimate of drug-likeness (QED) is 0.569. The van der Waals surface area contributed by atoms with Crippen molar-refractivity contribution in [3.63, 3.8) is 0 Å². The molecule has 3 rings (SSSR count). The maximum atomic E-state index is 14.3. The van der Waals surface area contributed by atoms with Gasteiger partial charge in [0.1, 0.15) is 18.1 Å². The number of esters is 1. The van der Waals surface area contributed by atoms with Crippen molar-refractivity contribution in [2.75, 3.05) is 13.2 Å². The molecule has 0 saturated carbocycles. The Labute approximate surface area is 164 Å². The smallest absolute Gasteiger partial charge is 0.326 e. The number of hydrogen-bond acceptors (Lipinski definition) is 5. The topological polar surface area (TPSA) is 69.9 Å². The SMILES string of the molecule is CCOC(=O)Cn1c(=NC(=O)CCOc2ccccc2)sc2cccc(F)c21. The summed E-state index contributed by atoms with van der Waals surface area (Å²) in [6.45, 7) is 1.85. The van der Waals surface area contributed by atoms with Crippen molar-refractivity contribution in [1.29, 1.82) is 0 Å². The number of ether oxygens (including phenoxy) is 2. The highest BCUT2D eigenvalue weighted by Crippen LogP contribution is 2.20. The van der Waals surface area contributed by atoms with Gasteiger partial charge in [-0.1, -0.05) is 35.6 Å². The number of benzene rings is 2. The van der Waals surface area contributed by atoms with Crippen LogP contribution in [-0.4, -0.2) is 29.7 Å². The van der Waals surface area contributed by atoms with Crippen molar-refractivity contribution < 1.29 is 23.5 Å². The van der Waals surface area contributed by atoms with Crippen molar-refractivity contribution in [3.8, 4) is 5.75 Å². The zero-order valence-corrected chi connectivity index (χ0v) is 16.1. The molecule has 0 aliphatic heterocycles. The standard InChI is InChI=1S/C20H19FN2O4S/c1-2-26-18(25)13-23-19-15(21)9-6-10-16(19)28-20(23)22-17(24)11-12-27-14-7-4-3-5-8-14/h3-10H,2,11-13H2,1H3. The van der Waals surface area contributed by atoms with Crippen LogP contribution < -0.4 is 9.54 Å². The van der Waals surface area contributed by atoms with Gasteiger partial charge in [0.05, 0.1) is 29.9 Å². The van der Waals surface area contributed by atoms with E-state index < -0.39 is 17.7 Å². The van der Waals surface area contributed by atoms with E-state index in [1.165, 1.54) is 10.6 Å². The number of aromatic nitrogens is 1. The number of thiazole rings is 1. The first-order valence-electron chi connectivity index (χ1n) is 8.77. The highest BCUT2D eigenvalue weighted by Gasteiger charge is 2.15. The number of carbonyl (C=O) groups is 2. The van der Waals surface area contributed by atoms with Gasteiger partial charge in [-0.3, -0.25) is 9.59 Å². The number of rotatable bonds is 7. The van der Waals surface area contributed by atoms with Crippen LogP contribution in [0.5, 0.6) is 5.75 Å². The third-order valence-corrected chi connectivity index (χ3v) is 4.84. The molecule has 2 aromatic carbocycles. The van der Waals surface area contributed by atoms with Crippen molar-refractivity contribution in [3.05, 3.63) is 59.1 Å². The minimum atomic E-state index is -0.522. The predicted octanol–water partition coefficient (Wildman–Crippen LogP) is 3.30. The highest BCUT2D eigenvalue weighted by atomic mass is 32.1. The van der Waals surface area contributed by atoms with E-state index in [2.05, 4.69) is 4.99 Å². The normalized spacial score (nSPS) is 11.6. The molecular weight excluding hydrogens is 383 g/mol. The zero-order valence-electron chi connectivity index (χ0n) is 15.3. The fraction of sp³-hybridized carbons (Fsp3) is 0.250. The van der Waals surface area contributed by atoms with Crippen LogP contribution in [-0.2, 0) is 20.9 Å². The average Bonchev–Trinajstić information content (AvgIpc) is 3.01. The molecular formula is C20H19FN2O4S. The number of carbonyl (C=O) groups excluding carboxylic acids is 2. The minimum absolute atomic E-state index is 0.0605. The van der Waals surface area contributed by atoms with Gasteiger partial charge >= 0.3 is 5.97 Å². The molecule has 0 N–H and O–H groups in total. The monoisotopic (exact) mass is 402 g/mol. The lowest BCUT2D eigenvalue weighted by Crippen LogP contribution is -2.23. The van der Waals surface area contributed by atoms with E-state index in [1.807, 2.05) is 18.2 Å². The number of amides is 1. The Hall–Kier alpha value is -3.00. The fourth-order valence-corrected chi connectivity index (χ4v) is 3.65. The van der Waals surface area contributed by atoms with Gasteiger partial charge in [-0.15, -0.1) is 0 Å². The summed E-state index contributed by atoms with van der Waals surface area (Å²) in [4.78, 5) is 28.5. The lowest BCUT2D eigenvalue weighted by molar-refractivity contribution is -0.143. The molecule has 1 heterocycles. The van der Waals surface area contributed by atoms with E-state index in [4.69, 9.17) is 9.47 Å². The van der Waals surface area contributed by atoms with Gasteiger partial charge in [-0.05, 0) is 31.2 Å². The first kappa shape index (κ1) is 19.8. The maximum absolute atomic E-state index is 14.3. The molecule has 0 atom stereocenters. The van der Waals surface area contributed by atoms with Crippen LogP contribution in [0.2, 0.25) is 0 Å². The van der Waals surface area contributed by atoms with Crippen LogP contribution in [0.15, 0.2) is 53.5 Å². The Morgan fingerprint density at radius 1 is 1.14 bits per heavy atom. The summed E-state index contributed by atoms with van der Waals surface area (Å²) in [5.74, 6) is -0.761. The average molecular weight is 402 g/mol. The lowest BCUT2D eigenvalue weighted by atomic mass is 10.3. The molecule has 1 aromatic heterocycles. The van der Waals surface area contributed by atoms with Gasteiger partial charge in [0.2, 0.25) is 0 Å². The summed E-state index contributed by atoms with van der Waals surface area (Å²) in [6, 6.07) is 13.7. The van der Waals surface area contributed by atoms with Crippen molar-refractivity contribution in [2.45, 2.75) is 19.9 Å². The Kier molecular flexibility index (Phi) is 6.54. The Balaban J connectivity index is 1.82. The van der Waals surface area contributed by atoms with Gasteiger partial charge in [0, 0.05) is 0 Å². The molecule has 8 heteroatoms. The second kappa shape index (κ2) is 9.27. The van der Waals surface area contributed by atoms with E-state index in [0.29, 0.717) is 10.4 Å². The molecule has 0 unspecified atom stereocenters. The Morgan fingerprint density at radius 2 is 1.93 bits per heavy atom. The van der Waals surface area contributed by atoms with Crippen LogP contribution >= 0.6 is 11.3 Å². The van der Waals surface area contributed by atoms with E-state index in [0.717, 1.165) is 11.3 Å². The van der Waals surface area contributed by atoms with Crippen molar-refractivity contribution in [1.82, 2.24) is 4.57 Å². The van der Waals surface area contributed by atoms with Gasteiger partial charge in [-0.25, -0.2) is 4.39 Å². The van der Waals surface area contributed by atoms with Gasteiger partial charge in [-0.2, -0.15) is 4.99 Å². The van der Waals surface area contributed by atoms with Crippen molar-refractivity contribution >= 4 is 33.4 Å². The minimum Gasteiger partial charge on any atom is -0.493 e. The molecule has 0 spiro atoms. The third-order valence-electron chi connectivity index (χ3n) is 3.79. The summed E-state index contributed by atoms with van der Waals surface area (Å²) in [7, 11) is 0. The second-order valence-corrected chi connectivity index (χ2v) is 6.79. The van der Waals surface area contributed by atoms with E-state index in [1.54, 1.807) is 31.2 Å². The summed E-state index contributed by atoms with van der Waals surface area (Å²) in [5, 5.41) is 0. The molecule has 28 heavy (non-hydrogen) atoms. The van der Waals surface area contributed by atoms with E-state index in [-0.39, 0.29) is 36.5 Å². The van der Waals surface area contributed by atoms with Gasteiger partial charge < -0.3 is 14.0 Å². The zero-order chi connectivity index (χ0) is 19.9. The Bertz CT molecular complexity index is 1040. The molecule has 0 radical (unpaired) electrons. The largest absolute Gasteiger partial charge is 0.493 e. The molecule has 3 aromatic rings. The van der Waals surface area contributed by atoms with Crippen LogP contribution in [0.1, 0.15) is 13.3 Å². The molecule has 0 bridgehead atoms. The number of hydrogen-bond donors (Lipinski definition) is 0. The molecule has 6 nitrogen and oxygen atoms in total. The summed E-state index contributed by atoms with van der Waals surface area (Å²) < 4.78 is 26.7. The molecule has 0 fully saturated rings. The number of fused-ring (bicyclic) bond motifs is 1. The van der Waals surface area contributed by atoms with Gasteiger partial charge in [0.25, 0.3) is 5.91 Å². The van der Waals surface area contributed by atoms with Gasteiger partial charge in [0.15, 0.2) is 4.80 Å². The van der Waals surface area contributed by atoms with E-state index >= 15 is 0 Å². The second-order valence-electron chi connectivity index (χ2n) is 5.78. The predicted molar refractivity (Wildman–Crippen MR) is 104 cm³/mol. The number of para-hydroxylation sites is 2. The summed E-state index contributed by atoms with van der Waals surface area (Å²) in [6.07, 6.45) is 0.0605. The molecule has 146 valence electrons. The molecule has 0 saturated heterocycles. The lowest BCUT2D eigenvalue weighted by Gasteiger charge is -2.06. The fourth-order valence-electron chi connectivity index (χ4n) is 2.59. The Morgan fingerprint density at radius 3 is 2.68 bits per heavy atom.